The second kappa shape index (κ2) is 7.00. The number of nitrogens with one attached hydrogen (secondary N) is 1. The normalized spacial score (nSPS) is 13.0. The molecule has 1 unspecified atom stereocenters. The number of hydrogen-bond acceptors (Lipinski definition) is 4. The molecule has 1 aromatic heterocycles. The van der Waals surface area contributed by atoms with Crippen molar-refractivity contribution in [3.8, 4) is 0 Å². The number of benzene rings is 1. The van der Waals surface area contributed by atoms with E-state index in [1.807, 2.05) is 0 Å². The van der Waals surface area contributed by atoms with E-state index in [1.165, 1.54) is 18.5 Å². The van der Waals surface area contributed by atoms with Crippen molar-refractivity contribution in [2.75, 3.05) is 6.61 Å². The van der Waals surface area contributed by atoms with Crippen molar-refractivity contribution in [1.82, 2.24) is 14.9 Å². The lowest BCUT2D eigenvalue weighted by molar-refractivity contribution is -0.185. The van der Waals surface area contributed by atoms with Crippen molar-refractivity contribution >= 4 is 16.8 Å². The van der Waals surface area contributed by atoms with E-state index < -0.39 is 24.8 Å². The number of carbonyl (C=O) groups is 1. The van der Waals surface area contributed by atoms with Gasteiger partial charge in [0.15, 0.2) is 0 Å². The minimum atomic E-state index is -4.50. The van der Waals surface area contributed by atoms with E-state index in [9.17, 15) is 22.8 Å². The number of nitrogens with zero attached hydrogens (tertiary/aromatic N) is 2. The lowest BCUT2D eigenvalue weighted by Crippen LogP contribution is -2.37. The van der Waals surface area contributed by atoms with Crippen molar-refractivity contribution < 1.29 is 22.7 Å². The summed E-state index contributed by atoms with van der Waals surface area (Å²) >= 11 is 0. The third-order valence-electron chi connectivity index (χ3n) is 3.36. The van der Waals surface area contributed by atoms with Crippen molar-refractivity contribution in [3.05, 3.63) is 40.4 Å². The Kier molecular flexibility index (Phi) is 5.23. The van der Waals surface area contributed by atoms with Gasteiger partial charge in [0.2, 0.25) is 5.91 Å². The molecular weight excluding hydrogens is 327 g/mol. The Morgan fingerprint density at radius 2 is 2.04 bits per heavy atom. The third kappa shape index (κ3) is 4.31. The minimum Gasteiger partial charge on any atom is -0.359 e. The first-order chi connectivity index (χ1) is 11.2. The maximum Gasteiger partial charge on any atom is 0.411 e. The predicted molar refractivity (Wildman–Crippen MR) is 80.3 cm³/mol. The van der Waals surface area contributed by atoms with Crippen LogP contribution in [0.3, 0.4) is 0 Å². The summed E-state index contributed by atoms with van der Waals surface area (Å²) < 4.78 is 41.9. The Bertz CT molecular complexity index is 802. The summed E-state index contributed by atoms with van der Waals surface area (Å²) in [7, 11) is 1.51. The molecular formula is C15H16F3N3O3. The molecule has 1 amide bonds. The maximum absolute atomic E-state index is 12.2. The van der Waals surface area contributed by atoms with Crippen LogP contribution in [0.25, 0.3) is 10.9 Å². The highest BCUT2D eigenvalue weighted by Gasteiger charge is 2.29. The van der Waals surface area contributed by atoms with Crippen LogP contribution in [-0.2, 0) is 23.1 Å². The lowest BCUT2D eigenvalue weighted by atomic mass is 10.2. The second-order valence-corrected chi connectivity index (χ2v) is 5.20. The van der Waals surface area contributed by atoms with Crippen LogP contribution in [0.5, 0.6) is 0 Å². The molecule has 0 saturated heterocycles. The number of amides is 1. The smallest absolute Gasteiger partial charge is 0.359 e. The molecule has 2 aromatic rings. The van der Waals surface area contributed by atoms with Gasteiger partial charge < -0.3 is 10.1 Å². The van der Waals surface area contributed by atoms with Gasteiger partial charge in [0, 0.05) is 7.05 Å². The summed E-state index contributed by atoms with van der Waals surface area (Å²) in [6, 6.07) is 6.74. The molecule has 24 heavy (non-hydrogen) atoms. The Hall–Kier alpha value is -2.42. The number of rotatable bonds is 5. The monoisotopic (exact) mass is 343 g/mol. The molecule has 6 nitrogen and oxygen atoms in total. The molecule has 130 valence electrons. The zero-order chi connectivity index (χ0) is 17.9. The molecule has 0 aliphatic heterocycles. The van der Waals surface area contributed by atoms with E-state index in [0.717, 1.165) is 0 Å². The zero-order valence-corrected chi connectivity index (χ0v) is 13.1. The van der Waals surface area contributed by atoms with Crippen molar-refractivity contribution in [3.63, 3.8) is 0 Å². The highest BCUT2D eigenvalue weighted by Crippen LogP contribution is 2.15. The average molecular weight is 343 g/mol. The highest BCUT2D eigenvalue weighted by atomic mass is 19.4. The van der Waals surface area contributed by atoms with Crippen LogP contribution >= 0.6 is 0 Å². The molecule has 0 fully saturated rings. The van der Waals surface area contributed by atoms with Gasteiger partial charge >= 0.3 is 6.18 Å². The van der Waals surface area contributed by atoms with E-state index in [0.29, 0.717) is 10.9 Å². The van der Waals surface area contributed by atoms with Crippen molar-refractivity contribution in [2.24, 2.45) is 7.05 Å². The van der Waals surface area contributed by atoms with Gasteiger partial charge in [-0.2, -0.15) is 13.2 Å². The number of halogens is 3. The molecule has 0 saturated carbocycles. The molecule has 2 rings (SSSR count). The summed E-state index contributed by atoms with van der Waals surface area (Å²) in [5.74, 6) is -0.434. The number of alkyl halides is 3. The predicted octanol–water partition coefficient (Wildman–Crippen LogP) is 1.52. The number of para-hydroxylation sites is 1. The van der Waals surface area contributed by atoms with Crippen LogP contribution in [0.2, 0.25) is 0 Å². The summed E-state index contributed by atoms with van der Waals surface area (Å²) in [6.45, 7) is -0.392. The summed E-state index contributed by atoms with van der Waals surface area (Å²) in [6.07, 6.45) is -5.78. The number of fused-ring (bicyclic) bond motifs is 1. The Morgan fingerprint density at radius 1 is 1.38 bits per heavy atom. The van der Waals surface area contributed by atoms with E-state index >= 15 is 0 Å². The molecule has 1 N–H and O–H groups in total. The van der Waals surface area contributed by atoms with E-state index in [1.54, 1.807) is 24.3 Å². The van der Waals surface area contributed by atoms with E-state index in [4.69, 9.17) is 0 Å². The van der Waals surface area contributed by atoms with Gasteiger partial charge in [0.25, 0.3) is 5.56 Å². The number of hydrogen-bond donors (Lipinski definition) is 1. The zero-order valence-electron chi connectivity index (χ0n) is 13.1. The third-order valence-corrected chi connectivity index (χ3v) is 3.36. The molecule has 0 aliphatic carbocycles. The van der Waals surface area contributed by atoms with Gasteiger partial charge in [0.05, 0.1) is 17.4 Å². The fourth-order valence-corrected chi connectivity index (χ4v) is 2.03. The molecule has 1 atom stereocenters. The van der Waals surface area contributed by atoms with Gasteiger partial charge in [-0.25, -0.2) is 4.98 Å². The molecule has 0 bridgehead atoms. The number of ether oxygens (including phenoxy) is 1. The fraction of sp³-hybridized carbons (Fsp3) is 0.400. The number of carbonyl (C=O) groups excluding carboxylic acids is 1. The van der Waals surface area contributed by atoms with Crippen molar-refractivity contribution in [2.45, 2.75) is 25.7 Å². The Morgan fingerprint density at radius 3 is 2.71 bits per heavy atom. The first kappa shape index (κ1) is 17.9. The highest BCUT2D eigenvalue weighted by molar-refractivity contribution is 5.80. The van der Waals surface area contributed by atoms with Crippen LogP contribution in [0.15, 0.2) is 29.1 Å². The second-order valence-electron chi connectivity index (χ2n) is 5.20. The Labute approximate surface area is 135 Å². The van der Waals surface area contributed by atoms with Crippen LogP contribution in [-0.4, -0.2) is 34.3 Å². The molecule has 1 heterocycles. The van der Waals surface area contributed by atoms with E-state index in [2.05, 4.69) is 15.0 Å². The van der Waals surface area contributed by atoms with E-state index in [-0.39, 0.29) is 17.9 Å². The van der Waals surface area contributed by atoms with Gasteiger partial charge in [-0.3, -0.25) is 14.2 Å². The molecule has 1 aromatic carbocycles. The van der Waals surface area contributed by atoms with Gasteiger partial charge in [-0.15, -0.1) is 0 Å². The van der Waals surface area contributed by atoms with Gasteiger partial charge in [-0.1, -0.05) is 12.1 Å². The standard InChI is InChI=1S/C15H16F3N3O3/c1-9(24-8-15(16,17)18)13(22)19-7-12-20-11-6-4-3-5-10(11)14(23)21(12)2/h3-6,9H,7-8H2,1-2H3,(H,19,22). The van der Waals surface area contributed by atoms with Crippen LogP contribution < -0.4 is 10.9 Å². The topological polar surface area (TPSA) is 73.2 Å². The van der Waals surface area contributed by atoms with Crippen LogP contribution in [0.4, 0.5) is 13.2 Å². The van der Waals surface area contributed by atoms with Crippen molar-refractivity contribution in [1.29, 1.82) is 0 Å². The van der Waals surface area contributed by atoms with Gasteiger partial charge in [-0.05, 0) is 19.1 Å². The summed E-state index contributed by atoms with van der Waals surface area (Å²) in [5, 5.41) is 2.86. The summed E-state index contributed by atoms with van der Waals surface area (Å²) in [5.41, 5.74) is 0.206. The first-order valence-corrected chi connectivity index (χ1v) is 7.10. The molecule has 9 heteroatoms. The quantitative estimate of drug-likeness (QED) is 0.893. The Balaban J connectivity index is 2.06. The fourth-order valence-electron chi connectivity index (χ4n) is 2.03. The minimum absolute atomic E-state index is 0.102. The molecule has 0 radical (unpaired) electrons. The lowest BCUT2D eigenvalue weighted by Gasteiger charge is -2.15. The maximum atomic E-state index is 12.2. The van der Waals surface area contributed by atoms with Crippen LogP contribution in [0.1, 0.15) is 12.7 Å². The number of aromatic nitrogens is 2. The largest absolute Gasteiger partial charge is 0.411 e. The molecule has 0 spiro atoms. The average Bonchev–Trinajstić information content (AvgIpc) is 2.53. The first-order valence-electron chi connectivity index (χ1n) is 7.10. The SMILES string of the molecule is CC(OCC(F)(F)F)C(=O)NCc1nc2ccccc2c(=O)n1C. The molecule has 0 aliphatic rings. The van der Waals surface area contributed by atoms with Gasteiger partial charge in [0.1, 0.15) is 18.5 Å². The van der Waals surface area contributed by atoms with Crippen LogP contribution in [0, 0.1) is 0 Å². The summed E-state index contributed by atoms with van der Waals surface area (Å²) in [4.78, 5) is 28.3.